The molecule has 118 valence electrons. The van der Waals surface area contributed by atoms with E-state index in [0.29, 0.717) is 13.0 Å². The van der Waals surface area contributed by atoms with Crippen molar-refractivity contribution in [2.75, 3.05) is 6.61 Å². The molecule has 3 aromatic rings. The van der Waals surface area contributed by atoms with E-state index in [1.165, 1.54) is 9.75 Å². The highest BCUT2D eigenvalue weighted by Crippen LogP contribution is 2.51. The number of aryl methyl sites for hydroxylation is 1. The lowest BCUT2D eigenvalue weighted by atomic mass is 9.70. The Kier molecular flexibility index (Phi) is 3.58. The molecule has 1 saturated heterocycles. The zero-order valence-electron chi connectivity index (χ0n) is 12.6. The zero-order valence-corrected chi connectivity index (χ0v) is 14.3. The van der Waals surface area contributed by atoms with E-state index in [0.717, 1.165) is 5.69 Å². The summed E-state index contributed by atoms with van der Waals surface area (Å²) >= 11 is 3.44. The number of esters is 1. The second-order valence-electron chi connectivity index (χ2n) is 5.74. The van der Waals surface area contributed by atoms with Crippen LogP contribution in [0.3, 0.4) is 0 Å². The molecule has 0 saturated carbocycles. The summed E-state index contributed by atoms with van der Waals surface area (Å²) in [5, 5.41) is 4.18. The first kappa shape index (κ1) is 14.7. The van der Waals surface area contributed by atoms with E-state index in [1.807, 2.05) is 19.6 Å². The smallest absolute Gasteiger partial charge is 0.306 e. The van der Waals surface area contributed by atoms with Crippen LogP contribution in [-0.4, -0.2) is 22.1 Å². The first-order valence-electron chi connectivity index (χ1n) is 7.43. The van der Waals surface area contributed by atoms with Gasteiger partial charge in [-0.3, -0.25) is 4.79 Å². The molecular weight excluding hydrogens is 328 g/mol. The highest BCUT2D eigenvalue weighted by Gasteiger charge is 2.50. The van der Waals surface area contributed by atoms with E-state index in [-0.39, 0.29) is 17.3 Å². The maximum atomic E-state index is 11.9. The van der Waals surface area contributed by atoms with Crippen molar-refractivity contribution >= 4 is 28.6 Å². The lowest BCUT2D eigenvalue weighted by molar-refractivity contribution is -0.137. The molecule has 1 aliphatic heterocycles. The minimum atomic E-state index is -0.389. The Morgan fingerprint density at radius 2 is 1.96 bits per heavy atom. The molecule has 1 fully saturated rings. The van der Waals surface area contributed by atoms with Crippen LogP contribution >= 0.6 is 22.7 Å². The van der Waals surface area contributed by atoms with Crippen LogP contribution in [0, 0.1) is 5.92 Å². The van der Waals surface area contributed by atoms with Crippen LogP contribution in [0.5, 0.6) is 0 Å². The number of aromatic nitrogens is 2. The average molecular weight is 344 g/mol. The van der Waals surface area contributed by atoms with Gasteiger partial charge >= 0.3 is 5.97 Å². The Bertz CT molecular complexity index is 771. The first-order valence-corrected chi connectivity index (χ1v) is 9.19. The summed E-state index contributed by atoms with van der Waals surface area (Å²) < 4.78 is 7.40. The van der Waals surface area contributed by atoms with Gasteiger partial charge in [-0.05, 0) is 22.9 Å². The molecule has 4 heterocycles. The third-order valence-corrected chi connectivity index (χ3v) is 6.52. The van der Waals surface area contributed by atoms with Crippen molar-refractivity contribution in [3.05, 3.63) is 63.0 Å². The van der Waals surface area contributed by atoms with Gasteiger partial charge in [0.2, 0.25) is 0 Å². The average Bonchev–Trinajstić information content (AvgIpc) is 3.30. The molecule has 4 rings (SSSR count). The third kappa shape index (κ3) is 2.16. The number of carbonyl (C=O) groups is 1. The summed E-state index contributed by atoms with van der Waals surface area (Å²) in [6.45, 7) is 0.444. The molecule has 23 heavy (non-hydrogen) atoms. The van der Waals surface area contributed by atoms with Gasteiger partial charge in [0, 0.05) is 28.9 Å². The molecule has 0 bridgehead atoms. The van der Waals surface area contributed by atoms with Crippen molar-refractivity contribution in [1.29, 1.82) is 0 Å². The van der Waals surface area contributed by atoms with Gasteiger partial charge in [-0.15, -0.1) is 22.7 Å². The van der Waals surface area contributed by atoms with Crippen LogP contribution in [0.4, 0.5) is 0 Å². The van der Waals surface area contributed by atoms with Gasteiger partial charge in [0.05, 0.1) is 30.5 Å². The van der Waals surface area contributed by atoms with Gasteiger partial charge in [0.25, 0.3) is 0 Å². The third-order valence-electron chi connectivity index (χ3n) is 4.51. The quantitative estimate of drug-likeness (QED) is 0.681. The number of rotatable bonds is 4. The molecule has 1 unspecified atom stereocenters. The van der Waals surface area contributed by atoms with Crippen molar-refractivity contribution in [2.45, 2.75) is 11.8 Å². The molecule has 0 N–H and O–H groups in total. The number of carbonyl (C=O) groups excluding carboxylic acids is 1. The number of hydrogen-bond donors (Lipinski definition) is 0. The summed E-state index contributed by atoms with van der Waals surface area (Å²) in [7, 11) is 2.01. The standard InChI is InChI=1S/C17H16N2O2S2/c1-19-11-18-9-13(19)17(14-4-2-6-22-14,15-5-3-7-23-15)12-8-16(20)21-10-12/h2-7,9,11-12H,8,10H2,1H3. The van der Waals surface area contributed by atoms with Gasteiger partial charge in [0.15, 0.2) is 0 Å². The van der Waals surface area contributed by atoms with Crippen molar-refractivity contribution in [3.63, 3.8) is 0 Å². The van der Waals surface area contributed by atoms with E-state index in [1.54, 1.807) is 22.7 Å². The fourth-order valence-electron chi connectivity index (χ4n) is 3.52. The van der Waals surface area contributed by atoms with Crippen LogP contribution in [0.1, 0.15) is 21.9 Å². The van der Waals surface area contributed by atoms with Crippen molar-refractivity contribution < 1.29 is 9.53 Å². The van der Waals surface area contributed by atoms with Crippen molar-refractivity contribution in [1.82, 2.24) is 9.55 Å². The molecule has 0 spiro atoms. The Morgan fingerprint density at radius 1 is 1.26 bits per heavy atom. The van der Waals surface area contributed by atoms with Gasteiger partial charge in [0.1, 0.15) is 0 Å². The van der Waals surface area contributed by atoms with Crippen LogP contribution in [0.25, 0.3) is 0 Å². The maximum absolute atomic E-state index is 11.9. The van der Waals surface area contributed by atoms with E-state index in [2.05, 4.69) is 44.6 Å². The summed E-state index contributed by atoms with van der Waals surface area (Å²) in [5.41, 5.74) is 0.713. The topological polar surface area (TPSA) is 44.1 Å². The van der Waals surface area contributed by atoms with E-state index >= 15 is 0 Å². The minimum absolute atomic E-state index is 0.0719. The molecule has 0 aromatic carbocycles. The second-order valence-corrected chi connectivity index (χ2v) is 7.63. The Balaban J connectivity index is 2.02. The fourth-order valence-corrected chi connectivity index (χ4v) is 5.64. The van der Waals surface area contributed by atoms with Crippen LogP contribution < -0.4 is 0 Å². The number of nitrogens with zero attached hydrogens (tertiary/aromatic N) is 2. The fraction of sp³-hybridized carbons (Fsp3) is 0.294. The molecule has 1 aliphatic rings. The normalized spacial score (nSPS) is 18.3. The molecule has 6 heteroatoms. The lowest BCUT2D eigenvalue weighted by Crippen LogP contribution is -2.38. The Morgan fingerprint density at radius 3 is 2.39 bits per heavy atom. The molecule has 0 amide bonds. The maximum Gasteiger partial charge on any atom is 0.306 e. The van der Waals surface area contributed by atoms with Crippen LogP contribution in [0.2, 0.25) is 0 Å². The highest BCUT2D eigenvalue weighted by molar-refractivity contribution is 7.11. The van der Waals surface area contributed by atoms with Crippen molar-refractivity contribution in [2.24, 2.45) is 13.0 Å². The van der Waals surface area contributed by atoms with E-state index in [4.69, 9.17) is 4.74 Å². The summed E-state index contributed by atoms with van der Waals surface area (Å²) in [6.07, 6.45) is 4.17. The largest absolute Gasteiger partial charge is 0.465 e. The lowest BCUT2D eigenvalue weighted by Gasteiger charge is -2.36. The number of cyclic esters (lactones) is 1. The van der Waals surface area contributed by atoms with E-state index < -0.39 is 0 Å². The van der Waals surface area contributed by atoms with Crippen LogP contribution in [0.15, 0.2) is 47.5 Å². The SMILES string of the molecule is Cn1cncc1C(c1cccs1)(c1cccs1)C1COC(=O)C1. The summed E-state index contributed by atoms with van der Waals surface area (Å²) in [4.78, 5) is 18.7. The second kappa shape index (κ2) is 5.62. The van der Waals surface area contributed by atoms with Gasteiger partial charge in [-0.1, -0.05) is 12.1 Å². The summed E-state index contributed by atoms with van der Waals surface area (Å²) in [5.74, 6) is -0.0441. The first-order chi connectivity index (χ1) is 11.2. The minimum Gasteiger partial charge on any atom is -0.465 e. The van der Waals surface area contributed by atoms with Gasteiger partial charge < -0.3 is 9.30 Å². The number of hydrogen-bond acceptors (Lipinski definition) is 5. The van der Waals surface area contributed by atoms with Crippen LogP contribution in [-0.2, 0) is 22.0 Å². The monoisotopic (exact) mass is 344 g/mol. The molecule has 0 aliphatic carbocycles. The molecule has 3 aromatic heterocycles. The van der Waals surface area contributed by atoms with Gasteiger partial charge in [-0.25, -0.2) is 4.98 Å². The molecule has 1 atom stereocenters. The molecular formula is C17H16N2O2S2. The molecule has 0 radical (unpaired) electrons. The predicted octanol–water partition coefficient (Wildman–Crippen LogP) is 3.44. The molecule has 4 nitrogen and oxygen atoms in total. The zero-order chi connectivity index (χ0) is 15.9. The Hall–Kier alpha value is -1.92. The summed E-state index contributed by atoms with van der Waals surface area (Å²) in [6, 6.07) is 8.44. The number of imidazole rings is 1. The predicted molar refractivity (Wildman–Crippen MR) is 90.8 cm³/mol. The Labute approximate surface area is 142 Å². The number of ether oxygens (including phenoxy) is 1. The highest BCUT2D eigenvalue weighted by atomic mass is 32.1. The van der Waals surface area contributed by atoms with E-state index in [9.17, 15) is 4.79 Å². The van der Waals surface area contributed by atoms with Crippen molar-refractivity contribution in [3.8, 4) is 0 Å². The van der Waals surface area contributed by atoms with Gasteiger partial charge in [-0.2, -0.15) is 0 Å². The number of thiophene rings is 2.